The molecule has 3 rings (SSSR count). The number of carboxylic acid groups (broad SMARTS) is 1. The van der Waals surface area contributed by atoms with E-state index in [4.69, 9.17) is 0 Å². The van der Waals surface area contributed by atoms with Gasteiger partial charge in [-0.2, -0.15) is 5.10 Å². The van der Waals surface area contributed by atoms with E-state index < -0.39 is 5.97 Å². The zero-order chi connectivity index (χ0) is 18.7. The molecule has 1 aromatic carbocycles. The van der Waals surface area contributed by atoms with Crippen LogP contribution in [0.1, 0.15) is 50.0 Å². The van der Waals surface area contributed by atoms with E-state index in [-0.39, 0.29) is 5.69 Å². The third kappa shape index (κ3) is 3.70. The third-order valence-electron chi connectivity index (χ3n) is 4.59. The van der Waals surface area contributed by atoms with Crippen molar-refractivity contribution in [1.82, 2.24) is 14.3 Å². The summed E-state index contributed by atoms with van der Waals surface area (Å²) in [6, 6.07) is 7.91. The highest BCUT2D eigenvalue weighted by Crippen LogP contribution is 2.33. The molecule has 0 spiro atoms. The molecular weight excluding hydrogens is 394 g/mol. The lowest BCUT2D eigenvalue weighted by Gasteiger charge is -2.03. The van der Waals surface area contributed by atoms with Crippen LogP contribution in [0.5, 0.6) is 0 Å². The van der Waals surface area contributed by atoms with Gasteiger partial charge < -0.3 is 9.67 Å². The average Bonchev–Trinajstić information content (AvgIpc) is 3.19. The van der Waals surface area contributed by atoms with Gasteiger partial charge in [-0.05, 0) is 37.1 Å². The van der Waals surface area contributed by atoms with Gasteiger partial charge in [-0.25, -0.2) is 4.79 Å². The minimum absolute atomic E-state index is 0.248. The molecule has 138 valence electrons. The summed E-state index contributed by atoms with van der Waals surface area (Å²) in [7, 11) is 0. The van der Waals surface area contributed by atoms with Gasteiger partial charge in [-0.3, -0.25) is 4.68 Å². The molecule has 2 aromatic heterocycles. The summed E-state index contributed by atoms with van der Waals surface area (Å²) in [4.78, 5) is 11.6. The molecule has 0 unspecified atom stereocenters. The van der Waals surface area contributed by atoms with Gasteiger partial charge in [0.05, 0.1) is 5.69 Å². The number of unbranched alkanes of at least 4 members (excludes halogenated alkanes) is 2. The van der Waals surface area contributed by atoms with E-state index in [0.717, 1.165) is 58.9 Å². The standard InChI is InChI=1S/C20H24BrN3O2/c1-3-5-9-23-13-16(15-11-14(21)7-8-18(15)23)17-12-19(20(25)26)24(22-17)10-6-4-2/h7-8,11-13H,3-6,9-10H2,1-2H3,(H,25,26). The molecule has 1 N–H and O–H groups in total. The summed E-state index contributed by atoms with van der Waals surface area (Å²) in [5.41, 5.74) is 3.10. The Labute approximate surface area is 161 Å². The lowest BCUT2D eigenvalue weighted by molar-refractivity contribution is 0.0683. The fourth-order valence-electron chi connectivity index (χ4n) is 3.19. The number of rotatable bonds is 8. The van der Waals surface area contributed by atoms with Crippen molar-refractivity contribution in [2.24, 2.45) is 0 Å². The Morgan fingerprint density at radius 1 is 1.15 bits per heavy atom. The third-order valence-corrected chi connectivity index (χ3v) is 5.09. The van der Waals surface area contributed by atoms with Crippen LogP contribution in [0.3, 0.4) is 0 Å². The van der Waals surface area contributed by atoms with E-state index in [9.17, 15) is 9.90 Å². The summed E-state index contributed by atoms with van der Waals surface area (Å²) < 4.78 is 4.86. The number of aryl methyl sites for hydroxylation is 2. The second-order valence-corrected chi connectivity index (χ2v) is 7.46. The fraction of sp³-hybridized carbons (Fsp3) is 0.400. The van der Waals surface area contributed by atoms with Gasteiger partial charge in [-0.1, -0.05) is 42.6 Å². The van der Waals surface area contributed by atoms with Crippen LogP contribution in [0.15, 0.2) is 34.9 Å². The first-order valence-electron chi connectivity index (χ1n) is 9.15. The highest BCUT2D eigenvalue weighted by molar-refractivity contribution is 9.10. The Kier molecular flexibility index (Phi) is 5.81. The largest absolute Gasteiger partial charge is 0.477 e. The van der Waals surface area contributed by atoms with Crippen molar-refractivity contribution < 1.29 is 9.90 Å². The minimum atomic E-state index is -0.934. The molecule has 3 aromatic rings. The fourth-order valence-corrected chi connectivity index (χ4v) is 3.55. The van der Waals surface area contributed by atoms with Crippen molar-refractivity contribution in [3.05, 3.63) is 40.6 Å². The summed E-state index contributed by atoms with van der Waals surface area (Å²) in [5, 5.41) is 15.2. The van der Waals surface area contributed by atoms with Crippen LogP contribution in [-0.4, -0.2) is 25.4 Å². The zero-order valence-corrected chi connectivity index (χ0v) is 16.8. The first-order valence-corrected chi connectivity index (χ1v) is 9.94. The summed E-state index contributed by atoms with van der Waals surface area (Å²) in [5.74, 6) is -0.934. The number of hydrogen-bond acceptors (Lipinski definition) is 2. The normalized spacial score (nSPS) is 11.3. The molecule has 0 atom stereocenters. The number of carboxylic acids is 1. The van der Waals surface area contributed by atoms with Gasteiger partial charge in [0, 0.05) is 40.2 Å². The minimum Gasteiger partial charge on any atom is -0.477 e. The number of hydrogen-bond donors (Lipinski definition) is 1. The van der Waals surface area contributed by atoms with Crippen LogP contribution < -0.4 is 0 Å². The Morgan fingerprint density at radius 2 is 1.88 bits per heavy atom. The van der Waals surface area contributed by atoms with Crippen LogP contribution in [0.4, 0.5) is 0 Å². The molecule has 0 radical (unpaired) electrons. The second kappa shape index (κ2) is 8.08. The SMILES string of the molecule is CCCCn1nc(-c2cn(CCCC)c3ccc(Br)cc23)cc1C(=O)O. The molecule has 0 amide bonds. The van der Waals surface area contributed by atoms with Crippen LogP contribution in [-0.2, 0) is 13.1 Å². The van der Waals surface area contributed by atoms with Crippen molar-refractivity contribution in [3.63, 3.8) is 0 Å². The molecule has 0 aliphatic heterocycles. The molecule has 0 aliphatic carbocycles. The molecule has 2 heterocycles. The van der Waals surface area contributed by atoms with Crippen molar-refractivity contribution in [2.45, 2.75) is 52.6 Å². The molecular formula is C20H24BrN3O2. The van der Waals surface area contributed by atoms with E-state index in [1.165, 1.54) is 0 Å². The maximum absolute atomic E-state index is 11.6. The summed E-state index contributed by atoms with van der Waals surface area (Å²) in [6.45, 7) is 5.83. The van der Waals surface area contributed by atoms with Gasteiger partial charge in [0.1, 0.15) is 5.69 Å². The van der Waals surface area contributed by atoms with Crippen LogP contribution >= 0.6 is 15.9 Å². The first-order chi connectivity index (χ1) is 12.5. The highest BCUT2D eigenvalue weighted by Gasteiger charge is 2.18. The monoisotopic (exact) mass is 417 g/mol. The van der Waals surface area contributed by atoms with Crippen LogP contribution in [0.25, 0.3) is 22.2 Å². The van der Waals surface area contributed by atoms with Crippen molar-refractivity contribution >= 4 is 32.8 Å². The zero-order valence-electron chi connectivity index (χ0n) is 15.2. The number of fused-ring (bicyclic) bond motifs is 1. The molecule has 26 heavy (non-hydrogen) atoms. The van der Waals surface area contributed by atoms with E-state index >= 15 is 0 Å². The lowest BCUT2D eigenvalue weighted by Crippen LogP contribution is -2.09. The Hall–Kier alpha value is -2.08. The van der Waals surface area contributed by atoms with Gasteiger partial charge in [0.25, 0.3) is 0 Å². The number of nitrogens with zero attached hydrogens (tertiary/aromatic N) is 3. The lowest BCUT2D eigenvalue weighted by atomic mass is 10.1. The Balaban J connectivity index is 2.12. The number of benzene rings is 1. The Morgan fingerprint density at radius 3 is 2.58 bits per heavy atom. The topological polar surface area (TPSA) is 60.0 Å². The molecule has 0 saturated heterocycles. The average molecular weight is 418 g/mol. The summed E-state index contributed by atoms with van der Waals surface area (Å²) in [6.07, 6.45) is 6.23. The predicted octanol–water partition coefficient (Wildman–Crippen LogP) is 5.57. The summed E-state index contributed by atoms with van der Waals surface area (Å²) >= 11 is 3.55. The molecule has 0 bridgehead atoms. The number of aromatic carboxylic acids is 1. The number of halogens is 1. The quantitative estimate of drug-likeness (QED) is 0.521. The van der Waals surface area contributed by atoms with Gasteiger partial charge in [0.15, 0.2) is 0 Å². The predicted molar refractivity (Wildman–Crippen MR) is 108 cm³/mol. The van der Waals surface area contributed by atoms with E-state index in [1.54, 1.807) is 10.7 Å². The van der Waals surface area contributed by atoms with Gasteiger partial charge >= 0.3 is 5.97 Å². The molecule has 0 saturated carbocycles. The number of aromatic nitrogens is 3. The van der Waals surface area contributed by atoms with E-state index in [0.29, 0.717) is 6.54 Å². The Bertz CT molecular complexity index is 927. The maximum Gasteiger partial charge on any atom is 0.354 e. The molecule has 0 aliphatic rings. The van der Waals surface area contributed by atoms with Gasteiger partial charge in [0.2, 0.25) is 0 Å². The smallest absolute Gasteiger partial charge is 0.354 e. The molecule has 5 nitrogen and oxygen atoms in total. The van der Waals surface area contributed by atoms with E-state index in [2.05, 4.69) is 57.8 Å². The highest BCUT2D eigenvalue weighted by atomic mass is 79.9. The number of carbonyl (C=O) groups is 1. The maximum atomic E-state index is 11.6. The molecule has 0 fully saturated rings. The van der Waals surface area contributed by atoms with Crippen molar-refractivity contribution in [2.75, 3.05) is 0 Å². The van der Waals surface area contributed by atoms with Gasteiger partial charge in [-0.15, -0.1) is 0 Å². The first kappa shape index (κ1) is 18.7. The van der Waals surface area contributed by atoms with Crippen LogP contribution in [0.2, 0.25) is 0 Å². The second-order valence-electron chi connectivity index (χ2n) is 6.55. The van der Waals surface area contributed by atoms with E-state index in [1.807, 2.05) is 6.07 Å². The van der Waals surface area contributed by atoms with Crippen molar-refractivity contribution in [1.29, 1.82) is 0 Å². The van der Waals surface area contributed by atoms with Crippen LogP contribution in [0, 0.1) is 0 Å². The van der Waals surface area contributed by atoms with Crippen molar-refractivity contribution in [3.8, 4) is 11.3 Å². The molecule has 6 heteroatoms.